The highest BCUT2D eigenvalue weighted by Crippen LogP contribution is 2.49. The fourth-order valence-electron chi connectivity index (χ4n) is 13.3. The van der Waals surface area contributed by atoms with E-state index in [9.17, 15) is 0 Å². The Morgan fingerprint density at radius 2 is 0.515 bits per heavy atom. The summed E-state index contributed by atoms with van der Waals surface area (Å²) in [4.78, 5) is 14.8. The summed E-state index contributed by atoms with van der Waals surface area (Å²) in [7, 11) is -6.63. The number of ether oxygens (including phenoxy) is 1. The number of para-hydroxylation sites is 5. The van der Waals surface area contributed by atoms with Gasteiger partial charge < -0.3 is 23.0 Å². The zero-order valence-corrected chi connectivity index (χ0v) is 54.4. The van der Waals surface area contributed by atoms with Crippen LogP contribution in [-0.4, -0.2) is 24.1 Å². The minimum Gasteiger partial charge on any atom is -0.456 e. The molecule has 3 heterocycles. The summed E-state index contributed by atoms with van der Waals surface area (Å²) in [5, 5.41) is 8.96. The highest BCUT2D eigenvalue weighted by atomic mass is 31.2. The second kappa shape index (κ2) is 26.0. The average molecular weight is 1290 g/mol. The topological polar surface area (TPSA) is 91.9 Å². The summed E-state index contributed by atoms with van der Waals surface area (Å²) in [6.45, 7) is 0. The van der Waals surface area contributed by atoms with Crippen molar-refractivity contribution in [2.45, 2.75) is 0 Å². The lowest BCUT2D eigenvalue weighted by atomic mass is 10.0. The van der Waals surface area contributed by atoms with Gasteiger partial charge in [-0.1, -0.05) is 273 Å². The van der Waals surface area contributed by atoms with Gasteiger partial charge in [0.25, 0.3) is 0 Å². The molecule has 10 heteroatoms. The van der Waals surface area contributed by atoms with E-state index in [1.165, 1.54) is 43.7 Å². The fraction of sp³-hybridized carbons (Fsp3) is 0. The minimum absolute atomic E-state index is 0.462. The molecule has 0 atom stereocenters. The van der Waals surface area contributed by atoms with Crippen LogP contribution in [0.25, 0.3) is 100 Å². The summed E-state index contributed by atoms with van der Waals surface area (Å²) in [6, 6.07) is 123. The van der Waals surface area contributed by atoms with E-state index in [1.807, 2.05) is 231 Å². The van der Waals surface area contributed by atoms with Gasteiger partial charge in [0.15, 0.2) is 31.8 Å². The van der Waals surface area contributed by atoms with Crippen LogP contribution in [0, 0.1) is 0 Å². The zero-order chi connectivity index (χ0) is 65.1. The van der Waals surface area contributed by atoms with Crippen LogP contribution in [0.1, 0.15) is 0 Å². The molecule has 3 aromatic heterocycles. The number of nitrogens with zero attached hydrogens (tertiary/aromatic N) is 5. The third kappa shape index (κ3) is 11.2. The van der Waals surface area contributed by atoms with Crippen LogP contribution in [0.15, 0.2) is 370 Å². The van der Waals surface area contributed by atoms with E-state index in [4.69, 9.17) is 19.7 Å². The molecular weight excluding hydrogens is 1220 g/mol. The van der Waals surface area contributed by atoms with E-state index in [-0.39, 0.29) is 0 Å². The molecule has 17 aromatic rings. The third-order valence-electron chi connectivity index (χ3n) is 17.9. The smallest absolute Gasteiger partial charge is 0.174 e. The van der Waals surface area contributed by atoms with Crippen molar-refractivity contribution in [1.82, 2.24) is 24.1 Å². The van der Waals surface area contributed by atoms with Crippen LogP contribution in [0.3, 0.4) is 0 Å². The average Bonchev–Trinajstić information content (AvgIpc) is 1.73. The predicted molar refractivity (Wildman–Crippen MR) is 402 cm³/mol. The third-order valence-corrected chi connectivity index (χ3v) is 24.1. The Bertz CT molecular complexity index is 5490. The van der Waals surface area contributed by atoms with Gasteiger partial charge in [-0.25, -0.2) is 15.0 Å². The van der Waals surface area contributed by atoms with Gasteiger partial charge in [-0.15, -0.1) is 0 Å². The van der Waals surface area contributed by atoms with Gasteiger partial charge in [0.2, 0.25) is 0 Å². The second-order valence-electron chi connectivity index (χ2n) is 23.7. The second-order valence-corrected chi connectivity index (χ2v) is 29.2. The summed E-state index contributed by atoms with van der Waals surface area (Å²) >= 11 is 0. The first-order chi connectivity index (χ1) is 47.9. The van der Waals surface area contributed by atoms with E-state index < -0.39 is 14.3 Å². The standard InChI is InChI=1S/C51H33N5.C36H28O3P2/c1-4-14-34(15-5-1)49-52-50(35-16-6-2-7-17-35)54-51(53-49)36-24-28-40(29-25-36)56-46-23-13-11-21-42(46)44-33-38(27-31-48(44)56)37-26-30-47-43(32-37)41-20-10-12-22-45(41)55(47)39-18-8-3-9-19-39;37-40(29-17-5-1-6-18-29,30-19-7-2-8-20-30)35-27-15-13-25-33(35)39-34-26-14-16-28-36(34)41(38,31-21-9-3-10-22-31)32-23-11-4-12-24-32/h1-33H;1-28H. The molecule has 0 spiro atoms. The van der Waals surface area contributed by atoms with Gasteiger partial charge in [-0.2, -0.15) is 0 Å². The lowest BCUT2D eigenvalue weighted by Gasteiger charge is -2.25. The molecule has 462 valence electrons. The molecule has 0 saturated carbocycles. The van der Waals surface area contributed by atoms with Crippen LogP contribution in [0.2, 0.25) is 0 Å². The molecule has 0 radical (unpaired) electrons. The van der Waals surface area contributed by atoms with E-state index in [0.717, 1.165) is 60.3 Å². The van der Waals surface area contributed by atoms with Crippen molar-refractivity contribution < 1.29 is 13.9 Å². The number of benzene rings is 14. The quantitative estimate of drug-likeness (QED) is 0.101. The SMILES string of the molecule is O=P(c1ccccc1)(c1ccccc1)c1ccccc1Oc1ccccc1P(=O)(c1ccccc1)c1ccccc1.c1ccc(-c2nc(-c3ccccc3)nc(-c3ccc(-n4c5ccccc5c5cc(-c6ccc7c(c6)c6ccccc6n7-c6ccccc6)ccc54)cc3)n2)cc1. The Morgan fingerprint density at radius 3 is 0.897 bits per heavy atom. The van der Waals surface area contributed by atoms with E-state index >= 15 is 9.13 Å². The van der Waals surface area contributed by atoms with E-state index in [0.29, 0.717) is 39.6 Å². The molecule has 14 aromatic carbocycles. The zero-order valence-electron chi connectivity index (χ0n) is 52.6. The molecule has 97 heavy (non-hydrogen) atoms. The predicted octanol–water partition coefficient (Wildman–Crippen LogP) is 19.5. The Labute approximate surface area is 562 Å². The molecule has 0 fully saturated rings. The molecule has 0 bridgehead atoms. The molecule has 0 unspecified atom stereocenters. The maximum absolute atomic E-state index is 15.2. The summed E-state index contributed by atoms with van der Waals surface area (Å²) in [5.74, 6) is 2.86. The van der Waals surface area contributed by atoms with E-state index in [2.05, 4.69) is 149 Å². The Hall–Kier alpha value is -12.1. The summed E-state index contributed by atoms with van der Waals surface area (Å²) < 4.78 is 41.8. The molecule has 0 aliphatic rings. The van der Waals surface area contributed by atoms with Crippen molar-refractivity contribution in [3.63, 3.8) is 0 Å². The number of rotatable bonds is 14. The number of fused-ring (bicyclic) bond motifs is 6. The van der Waals surface area contributed by atoms with Crippen LogP contribution < -0.4 is 36.6 Å². The molecule has 17 rings (SSSR count). The Balaban J connectivity index is 0.000000160. The molecule has 0 N–H and O–H groups in total. The minimum atomic E-state index is -3.32. The molecule has 0 aliphatic heterocycles. The Morgan fingerprint density at radius 1 is 0.237 bits per heavy atom. The number of aromatic nitrogens is 5. The van der Waals surface area contributed by atoms with E-state index in [1.54, 1.807) is 0 Å². The highest BCUT2D eigenvalue weighted by Gasteiger charge is 2.36. The molecule has 8 nitrogen and oxygen atoms in total. The van der Waals surface area contributed by atoms with Gasteiger partial charge >= 0.3 is 0 Å². The molecule has 0 amide bonds. The van der Waals surface area contributed by atoms with Crippen LogP contribution >= 0.6 is 14.3 Å². The normalized spacial score (nSPS) is 11.6. The van der Waals surface area contributed by atoms with Gasteiger partial charge in [-0.05, 0) is 108 Å². The molecule has 0 saturated heterocycles. The molecular formula is C87H61N5O3P2. The number of hydrogen-bond acceptors (Lipinski definition) is 6. The van der Waals surface area contributed by atoms with Crippen LogP contribution in [-0.2, 0) is 9.13 Å². The van der Waals surface area contributed by atoms with Gasteiger partial charge in [0.1, 0.15) is 11.5 Å². The van der Waals surface area contributed by atoms with Crippen molar-refractivity contribution in [2.75, 3.05) is 0 Å². The maximum atomic E-state index is 15.2. The molecule has 0 aliphatic carbocycles. The van der Waals surface area contributed by atoms with Crippen LogP contribution in [0.4, 0.5) is 0 Å². The fourth-order valence-corrected chi connectivity index (χ4v) is 18.8. The monoisotopic (exact) mass is 1290 g/mol. The summed E-state index contributed by atoms with van der Waals surface area (Å²) in [6.07, 6.45) is 0. The van der Waals surface area contributed by atoms with Crippen molar-refractivity contribution in [3.8, 4) is 68.2 Å². The highest BCUT2D eigenvalue weighted by molar-refractivity contribution is 7.86. The van der Waals surface area contributed by atoms with Crippen molar-refractivity contribution in [2.24, 2.45) is 0 Å². The lowest BCUT2D eigenvalue weighted by molar-refractivity contribution is 0.489. The first-order valence-electron chi connectivity index (χ1n) is 32.3. The lowest BCUT2D eigenvalue weighted by Crippen LogP contribution is -2.27. The first-order valence-corrected chi connectivity index (χ1v) is 35.7. The van der Waals surface area contributed by atoms with Gasteiger partial charge in [0, 0.05) is 70.8 Å². The van der Waals surface area contributed by atoms with Crippen molar-refractivity contribution >= 4 is 89.7 Å². The van der Waals surface area contributed by atoms with Gasteiger partial charge in [-0.3, -0.25) is 0 Å². The largest absolute Gasteiger partial charge is 0.456 e. The Kier molecular flexibility index (Phi) is 16.1. The number of hydrogen-bond donors (Lipinski definition) is 0. The van der Waals surface area contributed by atoms with Crippen LogP contribution in [0.5, 0.6) is 11.5 Å². The van der Waals surface area contributed by atoms with Crippen molar-refractivity contribution in [1.29, 1.82) is 0 Å². The summed E-state index contributed by atoms with van der Waals surface area (Å²) in [5.41, 5.74) is 12.2. The first kappa shape index (κ1) is 59.9. The maximum Gasteiger partial charge on any atom is 0.174 e. The van der Waals surface area contributed by atoms with Gasteiger partial charge in [0.05, 0.1) is 32.7 Å². The van der Waals surface area contributed by atoms with Crippen molar-refractivity contribution in [3.05, 3.63) is 370 Å².